The van der Waals surface area contributed by atoms with Crippen molar-refractivity contribution in [1.29, 1.82) is 0 Å². The fourth-order valence-corrected chi connectivity index (χ4v) is 1.96. The molecule has 0 radical (unpaired) electrons. The molecule has 0 aliphatic heterocycles. The zero-order chi connectivity index (χ0) is 14.5. The van der Waals surface area contributed by atoms with E-state index in [2.05, 4.69) is 4.98 Å². The summed E-state index contributed by atoms with van der Waals surface area (Å²) in [6, 6.07) is 10.3. The molecule has 0 amide bonds. The molecule has 0 unspecified atom stereocenters. The zero-order valence-electron chi connectivity index (χ0n) is 11.1. The summed E-state index contributed by atoms with van der Waals surface area (Å²) < 4.78 is 4.91. The molecule has 0 bridgehead atoms. The SMILES string of the molecule is CCOC(=O)c1c(O)cc(=O)[nH]c1Cc1ccccc1. The van der Waals surface area contributed by atoms with Crippen LogP contribution in [-0.4, -0.2) is 22.7 Å². The number of rotatable bonds is 4. The summed E-state index contributed by atoms with van der Waals surface area (Å²) in [5, 5.41) is 9.83. The zero-order valence-corrected chi connectivity index (χ0v) is 11.1. The summed E-state index contributed by atoms with van der Waals surface area (Å²) in [6.07, 6.45) is 0.332. The molecule has 0 saturated heterocycles. The third kappa shape index (κ3) is 3.06. The standard InChI is InChI=1S/C15H15NO4/c1-2-20-15(19)14-11(16-13(18)9-12(14)17)8-10-6-4-3-5-7-10/h3-7,9H,2,8H2,1H3,(H2,16,17,18). The Hall–Kier alpha value is -2.56. The highest BCUT2D eigenvalue weighted by Crippen LogP contribution is 2.21. The number of carbonyl (C=O) groups is 1. The molecule has 1 aromatic carbocycles. The summed E-state index contributed by atoms with van der Waals surface area (Å²) in [7, 11) is 0. The maximum Gasteiger partial charge on any atom is 0.343 e. The Morgan fingerprint density at radius 1 is 1.30 bits per heavy atom. The van der Waals surface area contributed by atoms with E-state index in [4.69, 9.17) is 4.74 Å². The fraction of sp³-hybridized carbons (Fsp3) is 0.200. The van der Waals surface area contributed by atoms with Gasteiger partial charge >= 0.3 is 5.97 Å². The van der Waals surface area contributed by atoms with Crippen molar-refractivity contribution < 1.29 is 14.6 Å². The highest BCUT2D eigenvalue weighted by molar-refractivity contribution is 5.93. The number of aromatic nitrogens is 1. The van der Waals surface area contributed by atoms with Gasteiger partial charge in [0.1, 0.15) is 11.3 Å². The average molecular weight is 273 g/mol. The lowest BCUT2D eigenvalue weighted by molar-refractivity contribution is 0.0521. The Labute approximate surface area is 115 Å². The van der Waals surface area contributed by atoms with Crippen LogP contribution in [0.4, 0.5) is 0 Å². The number of ether oxygens (including phenoxy) is 1. The van der Waals surface area contributed by atoms with E-state index >= 15 is 0 Å². The van der Waals surface area contributed by atoms with Crippen LogP contribution in [0.25, 0.3) is 0 Å². The molecule has 0 atom stereocenters. The summed E-state index contributed by atoms with van der Waals surface area (Å²) in [5.41, 5.74) is 0.815. The van der Waals surface area contributed by atoms with E-state index in [-0.39, 0.29) is 17.9 Å². The lowest BCUT2D eigenvalue weighted by Crippen LogP contribution is -2.16. The largest absolute Gasteiger partial charge is 0.507 e. The molecule has 2 N–H and O–H groups in total. The molecule has 0 aliphatic rings. The number of nitrogens with one attached hydrogen (secondary N) is 1. The van der Waals surface area contributed by atoms with E-state index < -0.39 is 11.5 Å². The molecule has 5 heteroatoms. The van der Waals surface area contributed by atoms with Crippen LogP contribution in [0.2, 0.25) is 0 Å². The number of aromatic hydroxyl groups is 1. The highest BCUT2D eigenvalue weighted by Gasteiger charge is 2.19. The molecular formula is C15H15NO4. The smallest absolute Gasteiger partial charge is 0.343 e. The predicted octanol–water partition coefficient (Wildman–Crippen LogP) is 1.85. The van der Waals surface area contributed by atoms with Crippen LogP contribution in [0.5, 0.6) is 5.75 Å². The summed E-state index contributed by atoms with van der Waals surface area (Å²) in [5.74, 6) is -1.01. The van der Waals surface area contributed by atoms with E-state index in [1.807, 2.05) is 30.3 Å². The van der Waals surface area contributed by atoms with Crippen molar-refractivity contribution in [3.63, 3.8) is 0 Å². The quantitative estimate of drug-likeness (QED) is 0.833. The predicted molar refractivity (Wildman–Crippen MR) is 73.9 cm³/mol. The van der Waals surface area contributed by atoms with Gasteiger partial charge in [-0.2, -0.15) is 0 Å². The highest BCUT2D eigenvalue weighted by atomic mass is 16.5. The number of hydrogen-bond acceptors (Lipinski definition) is 4. The van der Waals surface area contributed by atoms with Gasteiger partial charge in [-0.25, -0.2) is 4.79 Å². The van der Waals surface area contributed by atoms with Gasteiger partial charge in [0.25, 0.3) is 5.56 Å². The number of H-pyrrole nitrogens is 1. The van der Waals surface area contributed by atoms with Gasteiger partial charge in [0.15, 0.2) is 0 Å². The second-order valence-corrected chi connectivity index (χ2v) is 4.26. The molecule has 0 spiro atoms. The third-order valence-corrected chi connectivity index (χ3v) is 2.80. The van der Waals surface area contributed by atoms with Gasteiger partial charge in [-0.05, 0) is 12.5 Å². The molecule has 0 aliphatic carbocycles. The Morgan fingerprint density at radius 2 is 2.00 bits per heavy atom. The first-order valence-electron chi connectivity index (χ1n) is 6.28. The first-order valence-corrected chi connectivity index (χ1v) is 6.28. The van der Waals surface area contributed by atoms with Crippen molar-refractivity contribution >= 4 is 5.97 Å². The minimum atomic E-state index is -0.646. The molecule has 1 aromatic heterocycles. The second-order valence-electron chi connectivity index (χ2n) is 4.26. The van der Waals surface area contributed by atoms with E-state index in [0.29, 0.717) is 12.1 Å². The molecule has 2 aromatic rings. The Kier molecular flexibility index (Phi) is 4.20. The van der Waals surface area contributed by atoms with Gasteiger partial charge in [-0.15, -0.1) is 0 Å². The van der Waals surface area contributed by atoms with Crippen LogP contribution >= 0.6 is 0 Å². The van der Waals surface area contributed by atoms with Crippen LogP contribution < -0.4 is 5.56 Å². The number of aromatic amines is 1. The molecular weight excluding hydrogens is 258 g/mol. The topological polar surface area (TPSA) is 79.4 Å². The van der Waals surface area contributed by atoms with E-state index in [9.17, 15) is 14.7 Å². The molecule has 1 heterocycles. The normalized spacial score (nSPS) is 10.2. The van der Waals surface area contributed by atoms with Gasteiger partial charge < -0.3 is 14.8 Å². The first-order chi connectivity index (χ1) is 9.61. The summed E-state index contributed by atoms with van der Waals surface area (Å²) in [4.78, 5) is 25.9. The van der Waals surface area contributed by atoms with Crippen molar-refractivity contribution in [2.45, 2.75) is 13.3 Å². The Bertz CT molecular complexity index is 661. The van der Waals surface area contributed by atoms with Gasteiger partial charge in [-0.1, -0.05) is 30.3 Å². The Balaban J connectivity index is 2.45. The van der Waals surface area contributed by atoms with Crippen molar-refractivity contribution in [3.05, 3.63) is 63.6 Å². The van der Waals surface area contributed by atoms with Crippen LogP contribution in [0.3, 0.4) is 0 Å². The maximum atomic E-state index is 11.9. The summed E-state index contributed by atoms with van der Waals surface area (Å²) in [6.45, 7) is 1.87. The number of carbonyl (C=O) groups excluding carboxylic acids is 1. The minimum Gasteiger partial charge on any atom is -0.507 e. The van der Waals surface area contributed by atoms with Crippen LogP contribution in [0.15, 0.2) is 41.2 Å². The second kappa shape index (κ2) is 6.06. The number of esters is 1. The van der Waals surface area contributed by atoms with Gasteiger partial charge in [-0.3, -0.25) is 4.79 Å². The van der Waals surface area contributed by atoms with Crippen molar-refractivity contribution in [2.24, 2.45) is 0 Å². The van der Waals surface area contributed by atoms with E-state index in [0.717, 1.165) is 11.6 Å². The van der Waals surface area contributed by atoms with Crippen molar-refractivity contribution in [2.75, 3.05) is 6.61 Å². The number of benzene rings is 1. The lowest BCUT2D eigenvalue weighted by atomic mass is 10.0. The van der Waals surface area contributed by atoms with Gasteiger partial charge in [0, 0.05) is 18.2 Å². The van der Waals surface area contributed by atoms with Crippen molar-refractivity contribution in [1.82, 2.24) is 4.98 Å². The van der Waals surface area contributed by atoms with E-state index in [1.165, 1.54) is 0 Å². The molecule has 0 fully saturated rings. The van der Waals surface area contributed by atoms with E-state index in [1.54, 1.807) is 6.92 Å². The van der Waals surface area contributed by atoms with Crippen LogP contribution in [0.1, 0.15) is 28.5 Å². The van der Waals surface area contributed by atoms with Crippen LogP contribution in [-0.2, 0) is 11.2 Å². The fourth-order valence-electron chi connectivity index (χ4n) is 1.96. The number of hydrogen-bond donors (Lipinski definition) is 2. The minimum absolute atomic E-state index is 0.00954. The molecule has 104 valence electrons. The first kappa shape index (κ1) is 13.9. The third-order valence-electron chi connectivity index (χ3n) is 2.80. The lowest BCUT2D eigenvalue weighted by Gasteiger charge is -2.10. The molecule has 5 nitrogen and oxygen atoms in total. The van der Waals surface area contributed by atoms with Gasteiger partial charge in [0.05, 0.1) is 6.61 Å². The molecule has 0 saturated carbocycles. The maximum absolute atomic E-state index is 11.9. The summed E-state index contributed by atoms with van der Waals surface area (Å²) >= 11 is 0. The molecule has 20 heavy (non-hydrogen) atoms. The monoisotopic (exact) mass is 273 g/mol. The average Bonchev–Trinajstić information content (AvgIpc) is 2.39. The van der Waals surface area contributed by atoms with Crippen molar-refractivity contribution in [3.8, 4) is 5.75 Å². The van der Waals surface area contributed by atoms with Gasteiger partial charge in [0.2, 0.25) is 0 Å². The molecule has 2 rings (SSSR count). The van der Waals surface area contributed by atoms with Crippen LogP contribution in [0, 0.1) is 0 Å². The Morgan fingerprint density at radius 3 is 2.65 bits per heavy atom. The number of pyridine rings is 1.